The highest BCUT2D eigenvalue weighted by molar-refractivity contribution is 6.29. The van der Waals surface area contributed by atoms with Crippen molar-refractivity contribution in [3.05, 3.63) is 17.5 Å². The van der Waals surface area contributed by atoms with Crippen LogP contribution in [0.25, 0.3) is 0 Å². The fourth-order valence-corrected chi connectivity index (χ4v) is 2.62. The standard InChI is InChI=1S/C15H23ClN4O2/c1-15(2,3)22-14(21)17-8-11-5-4-6-20(9-11)13-7-12(16)18-10-19-13/h7,10-11H,4-6,8-9H2,1-3H3,(H,17,21)/t11-/m0/s1. The molecule has 1 aromatic heterocycles. The maximum atomic E-state index is 11.7. The van der Waals surface area contributed by atoms with Crippen LogP contribution < -0.4 is 10.2 Å². The van der Waals surface area contributed by atoms with E-state index in [1.807, 2.05) is 20.8 Å². The molecule has 122 valence electrons. The number of ether oxygens (including phenoxy) is 1. The minimum Gasteiger partial charge on any atom is -0.444 e. The number of rotatable bonds is 3. The Bertz CT molecular complexity index is 519. The number of anilines is 1. The molecule has 22 heavy (non-hydrogen) atoms. The van der Waals surface area contributed by atoms with E-state index in [-0.39, 0.29) is 6.09 Å². The first-order valence-electron chi connectivity index (χ1n) is 7.53. The summed E-state index contributed by atoms with van der Waals surface area (Å²) in [5.74, 6) is 1.21. The minimum atomic E-state index is -0.472. The summed E-state index contributed by atoms with van der Waals surface area (Å²) in [7, 11) is 0. The highest BCUT2D eigenvalue weighted by Crippen LogP contribution is 2.22. The van der Waals surface area contributed by atoms with Gasteiger partial charge in [-0.25, -0.2) is 14.8 Å². The molecule has 1 saturated heterocycles. The van der Waals surface area contributed by atoms with Gasteiger partial charge in [-0.3, -0.25) is 0 Å². The van der Waals surface area contributed by atoms with Crippen LogP contribution in [0.2, 0.25) is 5.15 Å². The van der Waals surface area contributed by atoms with Gasteiger partial charge >= 0.3 is 6.09 Å². The lowest BCUT2D eigenvalue weighted by molar-refractivity contribution is 0.0517. The summed E-state index contributed by atoms with van der Waals surface area (Å²) < 4.78 is 5.25. The summed E-state index contributed by atoms with van der Waals surface area (Å²) in [6.07, 6.45) is 3.24. The lowest BCUT2D eigenvalue weighted by atomic mass is 9.98. The van der Waals surface area contributed by atoms with E-state index in [0.29, 0.717) is 17.6 Å². The van der Waals surface area contributed by atoms with Crippen molar-refractivity contribution in [1.29, 1.82) is 0 Å². The third-order valence-electron chi connectivity index (χ3n) is 3.40. The zero-order valence-electron chi connectivity index (χ0n) is 13.3. The number of alkyl carbamates (subject to hydrolysis) is 1. The summed E-state index contributed by atoms with van der Waals surface area (Å²) >= 11 is 5.91. The van der Waals surface area contributed by atoms with E-state index >= 15 is 0 Å². The Labute approximate surface area is 136 Å². The van der Waals surface area contributed by atoms with Crippen molar-refractivity contribution < 1.29 is 9.53 Å². The van der Waals surface area contributed by atoms with Crippen molar-refractivity contribution in [1.82, 2.24) is 15.3 Å². The zero-order chi connectivity index (χ0) is 16.2. The molecule has 6 nitrogen and oxygen atoms in total. The Morgan fingerprint density at radius 1 is 1.50 bits per heavy atom. The van der Waals surface area contributed by atoms with Crippen LogP contribution in [0.1, 0.15) is 33.6 Å². The molecule has 0 aliphatic carbocycles. The van der Waals surface area contributed by atoms with Gasteiger partial charge in [-0.05, 0) is 39.5 Å². The van der Waals surface area contributed by atoms with Crippen molar-refractivity contribution >= 4 is 23.5 Å². The molecule has 0 spiro atoms. The van der Waals surface area contributed by atoms with Gasteiger partial charge < -0.3 is 15.0 Å². The first kappa shape index (κ1) is 16.8. The lowest BCUT2D eigenvalue weighted by Crippen LogP contribution is -2.42. The van der Waals surface area contributed by atoms with Crippen molar-refractivity contribution in [3.8, 4) is 0 Å². The van der Waals surface area contributed by atoms with Crippen LogP contribution in [0.4, 0.5) is 10.6 Å². The van der Waals surface area contributed by atoms with E-state index in [1.54, 1.807) is 6.07 Å². The number of nitrogens with zero attached hydrogens (tertiary/aromatic N) is 3. The number of hydrogen-bond donors (Lipinski definition) is 1. The van der Waals surface area contributed by atoms with E-state index in [0.717, 1.165) is 31.7 Å². The van der Waals surface area contributed by atoms with Crippen LogP contribution in [-0.4, -0.2) is 41.3 Å². The average Bonchev–Trinajstić information content (AvgIpc) is 2.44. The van der Waals surface area contributed by atoms with Crippen LogP contribution in [0, 0.1) is 5.92 Å². The molecule has 0 saturated carbocycles. The Morgan fingerprint density at radius 2 is 2.27 bits per heavy atom. The Morgan fingerprint density at radius 3 is 2.95 bits per heavy atom. The molecule has 1 aliphatic rings. The zero-order valence-corrected chi connectivity index (χ0v) is 14.1. The smallest absolute Gasteiger partial charge is 0.407 e. The highest BCUT2D eigenvalue weighted by atomic mass is 35.5. The SMILES string of the molecule is CC(C)(C)OC(=O)NC[C@@H]1CCCN(c2cc(Cl)ncn2)C1. The second kappa shape index (κ2) is 7.13. The molecule has 0 radical (unpaired) electrons. The highest BCUT2D eigenvalue weighted by Gasteiger charge is 2.23. The molecule has 0 unspecified atom stereocenters. The van der Waals surface area contributed by atoms with Gasteiger partial charge in [0.25, 0.3) is 0 Å². The number of halogens is 1. The molecule has 0 aromatic carbocycles. The lowest BCUT2D eigenvalue weighted by Gasteiger charge is -2.33. The summed E-state index contributed by atoms with van der Waals surface area (Å²) in [4.78, 5) is 22.1. The summed E-state index contributed by atoms with van der Waals surface area (Å²) in [5.41, 5.74) is -0.472. The van der Waals surface area contributed by atoms with Crippen molar-refractivity contribution in [2.45, 2.75) is 39.2 Å². The Kier molecular flexibility index (Phi) is 5.45. The monoisotopic (exact) mass is 326 g/mol. The van der Waals surface area contributed by atoms with E-state index in [2.05, 4.69) is 20.2 Å². The normalized spacial score (nSPS) is 18.9. The Balaban J connectivity index is 1.85. The van der Waals surface area contributed by atoms with E-state index in [1.165, 1.54) is 6.33 Å². The van der Waals surface area contributed by atoms with Gasteiger partial charge in [-0.15, -0.1) is 0 Å². The number of amides is 1. The van der Waals surface area contributed by atoms with Crippen LogP contribution in [0.15, 0.2) is 12.4 Å². The van der Waals surface area contributed by atoms with Gasteiger partial charge in [0.1, 0.15) is 22.9 Å². The second-order valence-corrected chi connectivity index (χ2v) is 6.92. The number of aromatic nitrogens is 2. The van der Waals surface area contributed by atoms with Gasteiger partial charge in [-0.2, -0.15) is 0 Å². The van der Waals surface area contributed by atoms with Gasteiger partial charge in [-0.1, -0.05) is 11.6 Å². The summed E-state index contributed by atoms with van der Waals surface area (Å²) in [6, 6.07) is 1.77. The number of carbonyl (C=O) groups is 1. The van der Waals surface area contributed by atoms with Crippen LogP contribution in [0.3, 0.4) is 0 Å². The molecule has 1 atom stereocenters. The number of piperidine rings is 1. The van der Waals surface area contributed by atoms with Gasteiger partial charge in [0.15, 0.2) is 0 Å². The van der Waals surface area contributed by atoms with Crippen LogP contribution in [0.5, 0.6) is 0 Å². The molecule has 1 aromatic rings. The summed E-state index contributed by atoms with van der Waals surface area (Å²) in [5, 5.41) is 3.29. The number of nitrogens with one attached hydrogen (secondary N) is 1. The predicted molar refractivity (Wildman–Crippen MR) is 86.2 cm³/mol. The first-order chi connectivity index (χ1) is 10.3. The van der Waals surface area contributed by atoms with Gasteiger partial charge in [0.05, 0.1) is 0 Å². The molecule has 2 rings (SSSR count). The van der Waals surface area contributed by atoms with E-state index in [9.17, 15) is 4.79 Å². The summed E-state index contributed by atoms with van der Waals surface area (Å²) in [6.45, 7) is 7.94. The topological polar surface area (TPSA) is 67.3 Å². The molecule has 0 bridgehead atoms. The van der Waals surface area contributed by atoms with Crippen molar-refractivity contribution in [2.24, 2.45) is 5.92 Å². The average molecular weight is 327 g/mol. The number of carbonyl (C=O) groups excluding carboxylic acids is 1. The maximum absolute atomic E-state index is 11.7. The quantitative estimate of drug-likeness (QED) is 0.865. The third kappa shape index (κ3) is 5.33. The molecule has 1 fully saturated rings. The Hall–Kier alpha value is -1.56. The molecule has 2 heterocycles. The molecule has 7 heteroatoms. The molecular weight excluding hydrogens is 304 g/mol. The largest absolute Gasteiger partial charge is 0.444 e. The first-order valence-corrected chi connectivity index (χ1v) is 7.90. The number of hydrogen-bond acceptors (Lipinski definition) is 5. The van der Waals surface area contributed by atoms with E-state index < -0.39 is 5.60 Å². The molecule has 1 aliphatic heterocycles. The maximum Gasteiger partial charge on any atom is 0.407 e. The minimum absolute atomic E-state index is 0.366. The van der Waals surface area contributed by atoms with Crippen molar-refractivity contribution in [3.63, 3.8) is 0 Å². The van der Waals surface area contributed by atoms with Gasteiger partial charge in [0, 0.05) is 25.7 Å². The van der Waals surface area contributed by atoms with Crippen LogP contribution in [-0.2, 0) is 4.74 Å². The van der Waals surface area contributed by atoms with E-state index in [4.69, 9.17) is 16.3 Å². The second-order valence-electron chi connectivity index (χ2n) is 6.54. The van der Waals surface area contributed by atoms with Crippen molar-refractivity contribution in [2.75, 3.05) is 24.5 Å². The molecule has 1 N–H and O–H groups in total. The molecule has 1 amide bonds. The van der Waals surface area contributed by atoms with Gasteiger partial charge in [0.2, 0.25) is 0 Å². The fourth-order valence-electron chi connectivity index (χ4n) is 2.48. The molecular formula is C15H23ClN4O2. The fraction of sp³-hybridized carbons (Fsp3) is 0.667. The van der Waals surface area contributed by atoms with Crippen LogP contribution >= 0.6 is 11.6 Å². The third-order valence-corrected chi connectivity index (χ3v) is 3.60. The predicted octanol–water partition coefficient (Wildman–Crippen LogP) is 2.87.